The number of hydrogen-bond donors (Lipinski definition) is 2. The number of methoxy groups -OCH3 is 2. The van der Waals surface area contributed by atoms with Crippen LogP contribution in [0, 0.1) is 0 Å². The average molecular weight is 444 g/mol. The van der Waals surface area contributed by atoms with E-state index in [1.807, 2.05) is 66.7 Å². The SMILES string of the molecule is COc1ccc(CNc2nc(NCc3ccc(OC)cc3)n(C(=O)c3ccccc3)n2)cc1. The van der Waals surface area contributed by atoms with Crippen molar-refractivity contribution in [2.75, 3.05) is 24.9 Å². The fraction of sp³-hybridized carbons (Fsp3) is 0.160. The van der Waals surface area contributed by atoms with Crippen LogP contribution in [0.3, 0.4) is 0 Å². The van der Waals surface area contributed by atoms with Gasteiger partial charge < -0.3 is 20.1 Å². The zero-order chi connectivity index (χ0) is 23.0. The quantitative estimate of drug-likeness (QED) is 0.400. The largest absolute Gasteiger partial charge is 0.497 e. The Morgan fingerprint density at radius 2 is 1.33 bits per heavy atom. The van der Waals surface area contributed by atoms with Crippen LogP contribution in [0.1, 0.15) is 21.5 Å². The van der Waals surface area contributed by atoms with E-state index < -0.39 is 0 Å². The van der Waals surface area contributed by atoms with Crippen molar-refractivity contribution >= 4 is 17.8 Å². The molecule has 0 amide bonds. The molecule has 3 aromatic carbocycles. The van der Waals surface area contributed by atoms with Crippen LogP contribution in [-0.2, 0) is 13.1 Å². The number of nitrogens with zero attached hydrogens (tertiary/aromatic N) is 3. The van der Waals surface area contributed by atoms with Gasteiger partial charge in [-0.1, -0.05) is 42.5 Å². The number of rotatable bonds is 9. The Morgan fingerprint density at radius 3 is 1.88 bits per heavy atom. The summed E-state index contributed by atoms with van der Waals surface area (Å²) in [6.07, 6.45) is 0. The summed E-state index contributed by atoms with van der Waals surface area (Å²) in [6.45, 7) is 0.980. The van der Waals surface area contributed by atoms with Crippen molar-refractivity contribution in [1.29, 1.82) is 0 Å². The van der Waals surface area contributed by atoms with Gasteiger partial charge in [0.05, 0.1) is 14.2 Å². The van der Waals surface area contributed by atoms with Crippen molar-refractivity contribution in [1.82, 2.24) is 14.8 Å². The molecule has 8 heteroatoms. The normalized spacial score (nSPS) is 10.5. The lowest BCUT2D eigenvalue weighted by atomic mass is 10.2. The van der Waals surface area contributed by atoms with E-state index >= 15 is 0 Å². The summed E-state index contributed by atoms with van der Waals surface area (Å²) in [5, 5.41) is 10.8. The number of hydrogen-bond acceptors (Lipinski definition) is 7. The van der Waals surface area contributed by atoms with Crippen LogP contribution in [0.2, 0.25) is 0 Å². The Morgan fingerprint density at radius 1 is 0.788 bits per heavy atom. The maximum absolute atomic E-state index is 13.1. The highest BCUT2D eigenvalue weighted by molar-refractivity contribution is 5.96. The monoisotopic (exact) mass is 443 g/mol. The van der Waals surface area contributed by atoms with E-state index in [0.29, 0.717) is 30.5 Å². The molecule has 1 aromatic heterocycles. The smallest absolute Gasteiger partial charge is 0.281 e. The molecule has 33 heavy (non-hydrogen) atoms. The zero-order valence-corrected chi connectivity index (χ0v) is 18.5. The summed E-state index contributed by atoms with van der Waals surface area (Å²) in [6, 6.07) is 24.4. The molecule has 0 unspecified atom stereocenters. The highest BCUT2D eigenvalue weighted by atomic mass is 16.5. The number of carbonyl (C=O) groups is 1. The molecule has 2 N–H and O–H groups in total. The molecule has 0 radical (unpaired) electrons. The molecule has 8 nitrogen and oxygen atoms in total. The Labute approximate surface area is 192 Å². The third kappa shape index (κ3) is 5.48. The van der Waals surface area contributed by atoms with E-state index in [4.69, 9.17) is 9.47 Å². The second-order valence-corrected chi connectivity index (χ2v) is 7.25. The lowest BCUT2D eigenvalue weighted by Crippen LogP contribution is -2.17. The van der Waals surface area contributed by atoms with Gasteiger partial charge in [0, 0.05) is 18.7 Å². The van der Waals surface area contributed by atoms with Gasteiger partial charge in [0.25, 0.3) is 5.91 Å². The third-order valence-electron chi connectivity index (χ3n) is 5.04. The summed E-state index contributed by atoms with van der Waals surface area (Å²) < 4.78 is 11.7. The Bertz CT molecular complexity index is 1190. The van der Waals surface area contributed by atoms with Crippen molar-refractivity contribution in [3.05, 3.63) is 95.6 Å². The molecule has 4 aromatic rings. The van der Waals surface area contributed by atoms with Gasteiger partial charge in [0.2, 0.25) is 11.9 Å². The molecule has 0 aliphatic carbocycles. The van der Waals surface area contributed by atoms with Crippen LogP contribution < -0.4 is 20.1 Å². The lowest BCUT2D eigenvalue weighted by molar-refractivity contribution is 0.0947. The fourth-order valence-electron chi connectivity index (χ4n) is 3.20. The van der Waals surface area contributed by atoms with Gasteiger partial charge in [-0.15, -0.1) is 5.10 Å². The van der Waals surface area contributed by atoms with Crippen LogP contribution in [-0.4, -0.2) is 34.9 Å². The van der Waals surface area contributed by atoms with Gasteiger partial charge in [-0.05, 0) is 47.5 Å². The summed E-state index contributed by atoms with van der Waals surface area (Å²) in [7, 11) is 3.26. The van der Waals surface area contributed by atoms with Crippen molar-refractivity contribution < 1.29 is 14.3 Å². The standard InChI is InChI=1S/C25H25N5O3/c1-32-21-12-8-18(9-13-21)16-26-24-28-25(27-17-19-10-14-22(33-2)15-11-19)30(29-24)23(31)20-6-4-3-5-7-20/h3-15H,16-17H2,1-2H3,(H2,26,27,28,29). The third-order valence-corrected chi connectivity index (χ3v) is 5.04. The Balaban J connectivity index is 1.53. The molecular weight excluding hydrogens is 418 g/mol. The van der Waals surface area contributed by atoms with Crippen LogP contribution in [0.15, 0.2) is 78.9 Å². The number of aromatic nitrogens is 3. The average Bonchev–Trinajstić information content (AvgIpc) is 3.30. The van der Waals surface area contributed by atoms with E-state index in [-0.39, 0.29) is 5.91 Å². The molecule has 0 spiro atoms. The minimum atomic E-state index is -0.266. The molecule has 1 heterocycles. The minimum Gasteiger partial charge on any atom is -0.497 e. The van der Waals surface area contributed by atoms with Gasteiger partial charge in [0.15, 0.2) is 0 Å². The summed E-state index contributed by atoms with van der Waals surface area (Å²) in [5.41, 5.74) is 2.58. The second-order valence-electron chi connectivity index (χ2n) is 7.25. The van der Waals surface area contributed by atoms with Gasteiger partial charge >= 0.3 is 0 Å². The van der Waals surface area contributed by atoms with Crippen molar-refractivity contribution in [3.8, 4) is 11.5 Å². The van der Waals surface area contributed by atoms with E-state index in [1.165, 1.54) is 4.68 Å². The van der Waals surface area contributed by atoms with Gasteiger partial charge in [-0.2, -0.15) is 9.67 Å². The fourth-order valence-corrected chi connectivity index (χ4v) is 3.20. The molecule has 4 rings (SSSR count). The summed E-state index contributed by atoms with van der Waals surface area (Å²) >= 11 is 0. The highest BCUT2D eigenvalue weighted by Gasteiger charge is 2.18. The predicted molar refractivity (Wildman–Crippen MR) is 127 cm³/mol. The van der Waals surface area contributed by atoms with E-state index in [9.17, 15) is 4.79 Å². The predicted octanol–water partition coefficient (Wildman–Crippen LogP) is 4.21. The Hall–Kier alpha value is -4.33. The zero-order valence-electron chi connectivity index (χ0n) is 18.5. The molecule has 0 atom stereocenters. The number of benzene rings is 3. The molecule has 0 saturated heterocycles. The lowest BCUT2D eigenvalue weighted by Gasteiger charge is -2.08. The molecule has 0 aliphatic heterocycles. The maximum atomic E-state index is 13.1. The van der Waals surface area contributed by atoms with Crippen molar-refractivity contribution in [2.24, 2.45) is 0 Å². The number of ether oxygens (including phenoxy) is 2. The topological polar surface area (TPSA) is 90.3 Å². The van der Waals surface area contributed by atoms with Crippen LogP contribution >= 0.6 is 0 Å². The van der Waals surface area contributed by atoms with E-state index in [1.54, 1.807) is 26.4 Å². The molecule has 0 bridgehead atoms. The van der Waals surface area contributed by atoms with Gasteiger partial charge in [-0.3, -0.25) is 4.79 Å². The second kappa shape index (κ2) is 10.3. The maximum Gasteiger partial charge on any atom is 0.281 e. The number of nitrogens with one attached hydrogen (secondary N) is 2. The van der Waals surface area contributed by atoms with Crippen molar-refractivity contribution in [2.45, 2.75) is 13.1 Å². The van der Waals surface area contributed by atoms with Crippen LogP contribution in [0.4, 0.5) is 11.9 Å². The highest BCUT2D eigenvalue weighted by Crippen LogP contribution is 2.17. The first-order chi connectivity index (χ1) is 16.2. The molecule has 0 fully saturated rings. The first-order valence-corrected chi connectivity index (χ1v) is 10.5. The molecule has 168 valence electrons. The number of carbonyl (C=O) groups excluding carboxylic acids is 1. The van der Waals surface area contributed by atoms with E-state index in [2.05, 4.69) is 20.7 Å². The van der Waals surface area contributed by atoms with Gasteiger partial charge in [-0.25, -0.2) is 0 Å². The first kappa shape index (κ1) is 21.9. The molecule has 0 aliphatic rings. The summed E-state index contributed by atoms with van der Waals surface area (Å²) in [4.78, 5) is 17.6. The first-order valence-electron chi connectivity index (χ1n) is 10.5. The van der Waals surface area contributed by atoms with Crippen molar-refractivity contribution in [3.63, 3.8) is 0 Å². The molecular formula is C25H25N5O3. The minimum absolute atomic E-state index is 0.266. The van der Waals surface area contributed by atoms with Crippen LogP contribution in [0.5, 0.6) is 11.5 Å². The summed E-state index contributed by atoms with van der Waals surface area (Å²) in [5.74, 6) is 2.02. The Kier molecular flexibility index (Phi) is 6.84. The number of anilines is 2. The van der Waals surface area contributed by atoms with Crippen LogP contribution in [0.25, 0.3) is 0 Å². The molecule has 0 saturated carbocycles. The van der Waals surface area contributed by atoms with Gasteiger partial charge in [0.1, 0.15) is 11.5 Å². The van der Waals surface area contributed by atoms with E-state index in [0.717, 1.165) is 22.6 Å².